The van der Waals surface area contributed by atoms with Gasteiger partial charge in [0, 0.05) is 44.9 Å². The van der Waals surface area contributed by atoms with Crippen LogP contribution in [0.4, 0.5) is 16.2 Å². The van der Waals surface area contributed by atoms with Crippen molar-refractivity contribution < 1.29 is 28.7 Å². The molecule has 10 heteroatoms. The molecule has 0 atom stereocenters. The number of esters is 1. The van der Waals surface area contributed by atoms with Crippen molar-refractivity contribution in [2.45, 2.75) is 33.3 Å². The van der Waals surface area contributed by atoms with E-state index in [1.165, 1.54) is 19.1 Å². The number of nitrogens with zero attached hydrogens (tertiary/aromatic N) is 3. The minimum absolute atomic E-state index is 0.0147. The van der Waals surface area contributed by atoms with Crippen molar-refractivity contribution in [2.75, 3.05) is 44.3 Å². The van der Waals surface area contributed by atoms with Gasteiger partial charge in [-0.3, -0.25) is 14.9 Å². The molecule has 0 saturated carbocycles. The van der Waals surface area contributed by atoms with Crippen molar-refractivity contribution in [2.24, 2.45) is 0 Å². The van der Waals surface area contributed by atoms with Crippen molar-refractivity contribution in [3.05, 3.63) is 28.3 Å². The number of ether oxygens (including phenoxy) is 3. The van der Waals surface area contributed by atoms with Crippen LogP contribution in [0.15, 0.2) is 18.2 Å². The number of anilines is 1. The van der Waals surface area contributed by atoms with Crippen LogP contribution in [-0.2, 0) is 14.3 Å². The maximum atomic E-state index is 12.2. The Morgan fingerprint density at radius 1 is 1.14 bits per heavy atom. The molecule has 0 bridgehead atoms. The first-order valence-corrected chi connectivity index (χ1v) is 9.34. The normalized spacial score (nSPS) is 14.3. The summed E-state index contributed by atoms with van der Waals surface area (Å²) in [6.45, 7) is 8.75. The highest BCUT2D eigenvalue weighted by Gasteiger charge is 2.27. The Balaban J connectivity index is 1.99. The van der Waals surface area contributed by atoms with E-state index in [1.807, 2.05) is 25.7 Å². The van der Waals surface area contributed by atoms with E-state index in [1.54, 1.807) is 11.0 Å². The van der Waals surface area contributed by atoms with Crippen LogP contribution in [0.3, 0.4) is 0 Å². The molecule has 0 aromatic heterocycles. The van der Waals surface area contributed by atoms with Crippen LogP contribution < -0.4 is 9.64 Å². The van der Waals surface area contributed by atoms with Gasteiger partial charge in [0.1, 0.15) is 18.8 Å². The predicted octanol–water partition coefficient (Wildman–Crippen LogP) is 2.59. The zero-order valence-corrected chi connectivity index (χ0v) is 17.2. The molecule has 1 amide bonds. The summed E-state index contributed by atoms with van der Waals surface area (Å²) in [7, 11) is 0. The number of carbonyl (C=O) groups excluding carboxylic acids is 2. The average molecular weight is 409 g/mol. The monoisotopic (exact) mass is 409 g/mol. The molecule has 1 aromatic carbocycles. The molecule has 0 N–H and O–H groups in total. The summed E-state index contributed by atoms with van der Waals surface area (Å²) in [6.07, 6.45) is -0.361. The number of carbonyl (C=O) groups is 2. The van der Waals surface area contributed by atoms with E-state index >= 15 is 0 Å². The van der Waals surface area contributed by atoms with Gasteiger partial charge in [-0.05, 0) is 32.9 Å². The molecule has 1 fully saturated rings. The minimum atomic E-state index is -0.555. The SMILES string of the molecule is CC(=O)OCCOc1ccc(N2CCN(C(=O)OC(C)(C)C)CC2)cc1[N+](=O)[O-]. The van der Waals surface area contributed by atoms with E-state index < -0.39 is 16.5 Å². The Labute approximate surface area is 169 Å². The molecule has 1 aliphatic rings. The van der Waals surface area contributed by atoms with Crippen molar-refractivity contribution >= 4 is 23.4 Å². The van der Waals surface area contributed by atoms with Gasteiger partial charge < -0.3 is 24.0 Å². The molecule has 10 nitrogen and oxygen atoms in total. The molecule has 0 spiro atoms. The lowest BCUT2D eigenvalue weighted by Gasteiger charge is -2.36. The van der Waals surface area contributed by atoms with Crippen LogP contribution >= 0.6 is 0 Å². The van der Waals surface area contributed by atoms with Gasteiger partial charge in [-0.2, -0.15) is 0 Å². The second-order valence-electron chi connectivity index (χ2n) is 7.55. The molecule has 160 valence electrons. The number of piperazine rings is 1. The number of rotatable bonds is 6. The van der Waals surface area contributed by atoms with Gasteiger partial charge in [0.25, 0.3) is 0 Å². The van der Waals surface area contributed by atoms with E-state index in [2.05, 4.69) is 0 Å². The fraction of sp³-hybridized carbons (Fsp3) is 0.579. The first-order valence-electron chi connectivity index (χ1n) is 9.34. The van der Waals surface area contributed by atoms with Crippen LogP contribution in [0.1, 0.15) is 27.7 Å². The number of nitro benzene ring substituents is 1. The Bertz CT molecular complexity index is 753. The molecule has 1 saturated heterocycles. The largest absolute Gasteiger partial charge is 0.483 e. The Hall–Kier alpha value is -3.04. The van der Waals surface area contributed by atoms with Crippen molar-refractivity contribution in [1.29, 1.82) is 0 Å². The Morgan fingerprint density at radius 3 is 2.34 bits per heavy atom. The van der Waals surface area contributed by atoms with Gasteiger partial charge in [0.2, 0.25) is 0 Å². The maximum absolute atomic E-state index is 12.2. The smallest absolute Gasteiger partial charge is 0.410 e. The highest BCUT2D eigenvalue weighted by atomic mass is 16.6. The molecular weight excluding hydrogens is 382 g/mol. The predicted molar refractivity (Wildman–Crippen MR) is 105 cm³/mol. The Morgan fingerprint density at radius 2 is 1.79 bits per heavy atom. The summed E-state index contributed by atoms with van der Waals surface area (Å²) in [5, 5.41) is 11.4. The summed E-state index contributed by atoms with van der Waals surface area (Å²) in [5.41, 5.74) is -0.0482. The molecule has 0 radical (unpaired) electrons. The molecule has 0 aliphatic carbocycles. The summed E-state index contributed by atoms with van der Waals surface area (Å²) in [4.78, 5) is 37.4. The fourth-order valence-electron chi connectivity index (χ4n) is 2.78. The third-order valence-corrected chi connectivity index (χ3v) is 4.08. The zero-order chi connectivity index (χ0) is 21.6. The van der Waals surface area contributed by atoms with E-state index in [0.717, 1.165) is 0 Å². The summed E-state index contributed by atoms with van der Waals surface area (Å²) in [6, 6.07) is 4.71. The van der Waals surface area contributed by atoms with Gasteiger partial charge >= 0.3 is 17.7 Å². The molecule has 0 unspecified atom stereocenters. The summed E-state index contributed by atoms with van der Waals surface area (Å²) >= 11 is 0. The van der Waals surface area contributed by atoms with Crippen LogP contribution in [-0.4, -0.2) is 66.9 Å². The summed E-state index contributed by atoms with van der Waals surface area (Å²) < 4.78 is 15.5. The van der Waals surface area contributed by atoms with Gasteiger partial charge in [0.15, 0.2) is 5.75 Å². The lowest BCUT2D eigenvalue weighted by atomic mass is 10.2. The van der Waals surface area contributed by atoms with Crippen molar-refractivity contribution in [3.63, 3.8) is 0 Å². The average Bonchev–Trinajstić information content (AvgIpc) is 2.63. The molecule has 2 rings (SSSR count). The Kier molecular flexibility index (Phi) is 7.24. The maximum Gasteiger partial charge on any atom is 0.410 e. The molecule has 29 heavy (non-hydrogen) atoms. The fourth-order valence-corrected chi connectivity index (χ4v) is 2.78. The molecular formula is C19H27N3O7. The van der Waals surface area contributed by atoms with Gasteiger partial charge in [0.05, 0.1) is 4.92 Å². The first-order chi connectivity index (χ1) is 13.6. The molecule has 1 heterocycles. The van der Waals surface area contributed by atoms with Gasteiger partial charge in [-0.15, -0.1) is 0 Å². The second-order valence-corrected chi connectivity index (χ2v) is 7.55. The van der Waals surface area contributed by atoms with E-state index in [0.29, 0.717) is 31.9 Å². The van der Waals surface area contributed by atoms with Crippen molar-refractivity contribution in [3.8, 4) is 5.75 Å². The van der Waals surface area contributed by atoms with E-state index in [9.17, 15) is 19.7 Å². The van der Waals surface area contributed by atoms with Crippen LogP contribution in [0, 0.1) is 10.1 Å². The number of hydrogen-bond donors (Lipinski definition) is 0. The number of benzene rings is 1. The summed E-state index contributed by atoms with van der Waals surface area (Å²) in [5.74, 6) is -0.331. The third-order valence-electron chi connectivity index (χ3n) is 4.08. The topological polar surface area (TPSA) is 111 Å². The van der Waals surface area contributed by atoms with Gasteiger partial charge in [-0.25, -0.2) is 4.79 Å². The first kappa shape index (κ1) is 22.3. The lowest BCUT2D eigenvalue weighted by Crippen LogP contribution is -2.50. The van der Waals surface area contributed by atoms with Crippen molar-refractivity contribution in [1.82, 2.24) is 4.90 Å². The lowest BCUT2D eigenvalue weighted by molar-refractivity contribution is -0.385. The van der Waals surface area contributed by atoms with Crippen LogP contribution in [0.2, 0.25) is 0 Å². The molecule has 1 aromatic rings. The van der Waals surface area contributed by atoms with E-state index in [4.69, 9.17) is 14.2 Å². The van der Waals surface area contributed by atoms with Crippen LogP contribution in [0.5, 0.6) is 5.75 Å². The standard InChI is InChI=1S/C19H27N3O7/c1-14(23)27-11-12-28-17-6-5-15(13-16(17)22(25)26)20-7-9-21(10-8-20)18(24)29-19(2,3)4/h5-6,13H,7-12H2,1-4H3. The number of amides is 1. The number of hydrogen-bond acceptors (Lipinski definition) is 8. The van der Waals surface area contributed by atoms with E-state index in [-0.39, 0.29) is 30.7 Å². The van der Waals surface area contributed by atoms with Gasteiger partial charge in [-0.1, -0.05) is 0 Å². The highest BCUT2D eigenvalue weighted by Crippen LogP contribution is 2.32. The second kappa shape index (κ2) is 9.44. The van der Waals surface area contributed by atoms with Crippen LogP contribution in [0.25, 0.3) is 0 Å². The zero-order valence-electron chi connectivity index (χ0n) is 17.2. The minimum Gasteiger partial charge on any atom is -0.483 e. The number of nitro groups is 1. The molecule has 1 aliphatic heterocycles. The quantitative estimate of drug-likeness (QED) is 0.305. The highest BCUT2D eigenvalue weighted by molar-refractivity contribution is 5.69. The third kappa shape index (κ3) is 6.81.